The summed E-state index contributed by atoms with van der Waals surface area (Å²) >= 11 is 0. The van der Waals surface area contributed by atoms with Crippen molar-refractivity contribution in [2.24, 2.45) is 10.1 Å². The summed E-state index contributed by atoms with van der Waals surface area (Å²) in [4.78, 5) is 3.68. The van der Waals surface area contributed by atoms with Gasteiger partial charge in [-0.15, -0.1) is 0 Å². The highest BCUT2D eigenvalue weighted by atomic mass is 32.2. The number of nitrogens with two attached hydrogens (primary N) is 1. The number of hydrogen-bond donors (Lipinski definition) is 1. The fourth-order valence-electron chi connectivity index (χ4n) is 0.612. The molecule has 0 aliphatic carbocycles. The molecule has 0 atom stereocenters. The fourth-order valence-corrected chi connectivity index (χ4v) is 1.13. The van der Waals surface area contributed by atoms with Gasteiger partial charge in [-0.05, 0) is 0 Å². The summed E-state index contributed by atoms with van der Waals surface area (Å²) in [5.41, 5.74) is 0. The zero-order chi connectivity index (χ0) is 7.61. The first-order chi connectivity index (χ1) is 4.61. The van der Waals surface area contributed by atoms with Crippen molar-refractivity contribution in [2.75, 3.05) is 19.8 Å². The minimum Gasteiger partial charge on any atom is -0.372 e. The molecule has 0 aromatic carbocycles. The Morgan fingerprint density at radius 1 is 1.60 bits per heavy atom. The molecular formula is C4H8N2O3S. The van der Waals surface area contributed by atoms with Crippen LogP contribution >= 0.6 is 0 Å². The van der Waals surface area contributed by atoms with Crippen molar-refractivity contribution in [3.8, 4) is 0 Å². The molecule has 0 amide bonds. The third-order valence-electron chi connectivity index (χ3n) is 1.08. The lowest BCUT2D eigenvalue weighted by Gasteiger charge is -2.09. The number of nitrogens with zero attached hydrogens (tertiary/aromatic N) is 1. The quantitative estimate of drug-likeness (QED) is 0.483. The van der Waals surface area contributed by atoms with E-state index in [0.717, 1.165) is 0 Å². The molecule has 5 nitrogen and oxygen atoms in total. The number of primary sulfonamides is 1. The Morgan fingerprint density at radius 2 is 2.30 bits per heavy atom. The predicted octanol–water partition coefficient (Wildman–Crippen LogP) is -1.30. The summed E-state index contributed by atoms with van der Waals surface area (Å²) in [6, 6.07) is 0. The Kier molecular flexibility index (Phi) is 2.02. The molecule has 0 radical (unpaired) electrons. The van der Waals surface area contributed by atoms with E-state index in [9.17, 15) is 8.42 Å². The van der Waals surface area contributed by atoms with Crippen LogP contribution < -0.4 is 5.14 Å². The second kappa shape index (κ2) is 2.65. The summed E-state index contributed by atoms with van der Waals surface area (Å²) in [5, 5.41) is 4.71. The molecule has 6 heteroatoms. The molecule has 10 heavy (non-hydrogen) atoms. The van der Waals surface area contributed by atoms with Gasteiger partial charge in [0.25, 0.3) is 10.0 Å². The van der Waals surface area contributed by atoms with Gasteiger partial charge in [-0.3, -0.25) is 4.99 Å². The molecule has 0 unspecified atom stereocenters. The summed E-state index contributed by atoms with van der Waals surface area (Å²) in [6.07, 6.45) is 0. The van der Waals surface area contributed by atoms with E-state index in [1.807, 2.05) is 0 Å². The molecule has 58 valence electrons. The highest BCUT2D eigenvalue weighted by molar-refractivity contribution is 8.04. The van der Waals surface area contributed by atoms with Gasteiger partial charge in [0.1, 0.15) is 6.61 Å². The average Bonchev–Trinajstić information content (AvgIpc) is 1.88. The lowest BCUT2D eigenvalue weighted by Crippen LogP contribution is -2.31. The molecule has 0 fully saturated rings. The van der Waals surface area contributed by atoms with Crippen molar-refractivity contribution in [3.05, 3.63) is 0 Å². The van der Waals surface area contributed by atoms with Crippen molar-refractivity contribution in [2.45, 2.75) is 0 Å². The first-order valence-corrected chi connectivity index (χ1v) is 4.29. The number of aliphatic imine (C=N–C) groups is 1. The van der Waals surface area contributed by atoms with Gasteiger partial charge in [-0.2, -0.15) is 0 Å². The van der Waals surface area contributed by atoms with Gasteiger partial charge in [0.2, 0.25) is 0 Å². The summed E-state index contributed by atoms with van der Waals surface area (Å²) in [5.74, 6) is 0. The lowest BCUT2D eigenvalue weighted by molar-refractivity contribution is 0.172. The van der Waals surface area contributed by atoms with E-state index in [-0.39, 0.29) is 11.7 Å². The molecule has 0 saturated carbocycles. The van der Waals surface area contributed by atoms with Gasteiger partial charge in [-0.25, -0.2) is 13.6 Å². The van der Waals surface area contributed by atoms with Crippen LogP contribution in [-0.4, -0.2) is 33.2 Å². The van der Waals surface area contributed by atoms with Crippen molar-refractivity contribution in [3.63, 3.8) is 0 Å². The summed E-state index contributed by atoms with van der Waals surface area (Å²) in [6.45, 7) is 0.865. The molecule has 1 aliphatic rings. The molecular weight excluding hydrogens is 156 g/mol. The largest absolute Gasteiger partial charge is 0.372 e. The van der Waals surface area contributed by atoms with E-state index < -0.39 is 10.0 Å². The summed E-state index contributed by atoms with van der Waals surface area (Å²) < 4.78 is 25.9. The van der Waals surface area contributed by atoms with Crippen LogP contribution in [0.25, 0.3) is 0 Å². The van der Waals surface area contributed by atoms with Gasteiger partial charge < -0.3 is 4.74 Å². The SMILES string of the molecule is NS(=O)(=O)C1=NCCOC1. The molecule has 0 aromatic rings. The van der Waals surface area contributed by atoms with E-state index in [1.165, 1.54) is 0 Å². The molecule has 0 aromatic heterocycles. The molecule has 1 heterocycles. The minimum absolute atomic E-state index is 0.0127. The number of sulfonamides is 1. The Bertz CT molecular complexity index is 243. The first-order valence-electron chi connectivity index (χ1n) is 2.74. The van der Waals surface area contributed by atoms with Crippen LogP contribution in [0.2, 0.25) is 0 Å². The molecule has 2 N–H and O–H groups in total. The highest BCUT2D eigenvalue weighted by Crippen LogP contribution is 1.95. The maximum absolute atomic E-state index is 10.6. The molecule has 1 aliphatic heterocycles. The number of ether oxygens (including phenoxy) is 1. The van der Waals surface area contributed by atoms with E-state index in [4.69, 9.17) is 9.88 Å². The fraction of sp³-hybridized carbons (Fsp3) is 0.750. The molecule has 0 saturated heterocycles. The van der Waals surface area contributed by atoms with Crippen molar-refractivity contribution in [1.82, 2.24) is 0 Å². The minimum atomic E-state index is -3.60. The molecule has 0 bridgehead atoms. The Hall–Kier alpha value is -0.460. The van der Waals surface area contributed by atoms with Crippen LogP contribution in [0.4, 0.5) is 0 Å². The Morgan fingerprint density at radius 3 is 2.60 bits per heavy atom. The van der Waals surface area contributed by atoms with Gasteiger partial charge in [0.15, 0.2) is 5.04 Å². The number of hydrogen-bond acceptors (Lipinski definition) is 4. The van der Waals surface area contributed by atoms with Crippen molar-refractivity contribution < 1.29 is 13.2 Å². The van der Waals surface area contributed by atoms with E-state index >= 15 is 0 Å². The topological polar surface area (TPSA) is 81.8 Å². The van der Waals surface area contributed by atoms with Crippen molar-refractivity contribution >= 4 is 15.1 Å². The van der Waals surface area contributed by atoms with Crippen molar-refractivity contribution in [1.29, 1.82) is 0 Å². The van der Waals surface area contributed by atoms with Gasteiger partial charge in [0.05, 0.1) is 13.2 Å². The van der Waals surface area contributed by atoms with Crippen LogP contribution in [0.5, 0.6) is 0 Å². The Balaban J connectivity index is 2.82. The third-order valence-corrected chi connectivity index (χ3v) is 1.98. The maximum Gasteiger partial charge on any atom is 0.253 e. The van der Waals surface area contributed by atoms with Crippen LogP contribution in [-0.2, 0) is 14.8 Å². The van der Waals surface area contributed by atoms with Crippen LogP contribution in [0.15, 0.2) is 4.99 Å². The normalized spacial score (nSPS) is 20.3. The smallest absolute Gasteiger partial charge is 0.253 e. The van der Waals surface area contributed by atoms with E-state index in [1.54, 1.807) is 0 Å². The van der Waals surface area contributed by atoms with Crippen LogP contribution in [0.3, 0.4) is 0 Å². The van der Waals surface area contributed by atoms with Crippen LogP contribution in [0, 0.1) is 0 Å². The van der Waals surface area contributed by atoms with Crippen LogP contribution in [0.1, 0.15) is 0 Å². The second-order valence-electron chi connectivity index (χ2n) is 1.87. The first kappa shape index (κ1) is 7.64. The zero-order valence-electron chi connectivity index (χ0n) is 5.28. The monoisotopic (exact) mass is 164 g/mol. The Labute approximate surface area is 58.9 Å². The highest BCUT2D eigenvalue weighted by Gasteiger charge is 2.16. The number of rotatable bonds is 0. The lowest BCUT2D eigenvalue weighted by atomic mass is 10.6. The zero-order valence-corrected chi connectivity index (χ0v) is 6.10. The predicted molar refractivity (Wildman–Crippen MR) is 36.2 cm³/mol. The standard InChI is InChI=1S/C4H8N2O3S/c5-10(7,8)4-3-9-2-1-6-4/h1-3H2,(H2,5,7,8). The average molecular weight is 164 g/mol. The second-order valence-corrected chi connectivity index (χ2v) is 3.43. The maximum atomic E-state index is 10.6. The van der Waals surface area contributed by atoms with Gasteiger partial charge >= 0.3 is 0 Å². The van der Waals surface area contributed by atoms with Gasteiger partial charge in [-0.1, -0.05) is 0 Å². The molecule has 0 spiro atoms. The third kappa shape index (κ3) is 1.76. The van der Waals surface area contributed by atoms with E-state index in [0.29, 0.717) is 13.2 Å². The molecule has 1 rings (SSSR count). The van der Waals surface area contributed by atoms with E-state index in [2.05, 4.69) is 4.99 Å². The summed E-state index contributed by atoms with van der Waals surface area (Å²) in [7, 11) is -3.60. The van der Waals surface area contributed by atoms with Gasteiger partial charge in [0, 0.05) is 0 Å².